The van der Waals surface area contributed by atoms with E-state index in [4.69, 9.17) is 33.0 Å². The molecule has 5 unspecified atom stereocenters. The van der Waals surface area contributed by atoms with E-state index < -0.39 is 82.0 Å². The fraction of sp³-hybridized carbons (Fsp3) is 0.535. The Morgan fingerprint density at radius 2 is 1.30 bits per heavy atom. The van der Waals surface area contributed by atoms with Crippen molar-refractivity contribution in [3.8, 4) is 23.0 Å². The molecule has 7 atom stereocenters. The van der Waals surface area contributed by atoms with Crippen LogP contribution in [-0.2, 0) is 55.1 Å². The monoisotopic (exact) mass is 1090 g/mol. The Morgan fingerprint density at radius 3 is 1.73 bits per heavy atom. The fourth-order valence-electron chi connectivity index (χ4n) is 8.58. The number of fused-ring (bicyclic) bond motifs is 4. The summed E-state index contributed by atoms with van der Waals surface area (Å²) in [6.45, 7) is 7.91. The van der Waals surface area contributed by atoms with E-state index in [0.29, 0.717) is 36.2 Å². The number of methoxy groups -OCH3 is 2. The van der Waals surface area contributed by atoms with E-state index in [1.54, 1.807) is 0 Å². The van der Waals surface area contributed by atoms with Crippen LogP contribution in [-0.4, -0.2) is 178 Å². The summed E-state index contributed by atoms with van der Waals surface area (Å²) in [5.74, 6) is -1.09. The number of benzene rings is 2. The predicted molar refractivity (Wildman–Crippen MR) is 263 cm³/mol. The van der Waals surface area contributed by atoms with Crippen LogP contribution < -0.4 is 35.3 Å². The number of carbonyl (C=O) groups excluding carboxylic acids is 4. The first-order valence-corrected chi connectivity index (χ1v) is 29.4. The number of carbonyl (C=O) groups is 4. The Labute approximate surface area is 421 Å². The van der Waals surface area contributed by atoms with Crippen LogP contribution in [0.1, 0.15) is 52.8 Å². The first-order chi connectivity index (χ1) is 33.6. The maximum Gasteiger partial charge on any atom is 0.256 e. The van der Waals surface area contributed by atoms with E-state index in [1.165, 1.54) is 72.0 Å². The van der Waals surface area contributed by atoms with Gasteiger partial charge in [-0.05, 0) is 37.1 Å². The highest BCUT2D eigenvalue weighted by atomic mass is 32.2. The van der Waals surface area contributed by atoms with Gasteiger partial charge in [-0.25, -0.2) is 16.8 Å². The zero-order chi connectivity index (χ0) is 51.8. The maximum absolute atomic E-state index is 15.0. The Bertz CT molecular complexity index is 2470. The van der Waals surface area contributed by atoms with Gasteiger partial charge in [0, 0.05) is 63.2 Å². The van der Waals surface area contributed by atoms with Crippen LogP contribution in [0.3, 0.4) is 0 Å². The average molecular weight is 1090 g/mol. The van der Waals surface area contributed by atoms with Crippen molar-refractivity contribution in [3.63, 3.8) is 0 Å². The van der Waals surface area contributed by atoms with Gasteiger partial charge in [0.15, 0.2) is 45.3 Å². The number of sulfone groups is 1. The van der Waals surface area contributed by atoms with Crippen LogP contribution >= 0.6 is 18.9 Å². The maximum atomic E-state index is 15.0. The van der Waals surface area contributed by atoms with Crippen LogP contribution in [0.5, 0.6) is 23.0 Å². The molecule has 28 heteroatoms. The second-order valence-electron chi connectivity index (χ2n) is 17.3. The summed E-state index contributed by atoms with van der Waals surface area (Å²) in [7, 11) is -2.70. The van der Waals surface area contributed by atoms with Crippen LogP contribution in [0.2, 0.25) is 0 Å². The molecule has 71 heavy (non-hydrogen) atoms. The van der Waals surface area contributed by atoms with Gasteiger partial charge in [-0.2, -0.15) is 11.8 Å². The van der Waals surface area contributed by atoms with Gasteiger partial charge in [-0.1, -0.05) is 24.3 Å². The molecule has 4 heterocycles. The number of thioether (sulfide) groups is 1. The van der Waals surface area contributed by atoms with Gasteiger partial charge in [-0.15, -0.1) is 0 Å². The largest absolute Gasteiger partial charge is 0.750 e. The molecule has 4 amide bonds. The van der Waals surface area contributed by atoms with Gasteiger partial charge in [0.05, 0.1) is 103 Å². The number of nitrogens with two attached hydrogens (primary N) is 1. The molecule has 4 aliphatic heterocycles. The lowest BCUT2D eigenvalue weighted by molar-refractivity contribution is -0.129. The molecule has 2 saturated heterocycles. The molecule has 0 radical (unpaired) electrons. The normalized spacial score (nSPS) is 21.3. The summed E-state index contributed by atoms with van der Waals surface area (Å²) in [6.07, 6.45) is -1.95. The van der Waals surface area contributed by atoms with Gasteiger partial charge < -0.3 is 63.7 Å². The molecule has 0 spiro atoms. The summed E-state index contributed by atoms with van der Waals surface area (Å²) in [6, 6.07) is 4.44. The van der Waals surface area contributed by atoms with Crippen molar-refractivity contribution in [2.45, 2.75) is 56.6 Å². The third-order valence-electron chi connectivity index (χ3n) is 12.1. The summed E-state index contributed by atoms with van der Waals surface area (Å²) in [5, 5.41) is 6.01. The second kappa shape index (κ2) is 24.3. The topological polar surface area (TPSA) is 315 Å². The number of hydrogen-bond acceptors (Lipinski definition) is 20. The van der Waals surface area contributed by atoms with E-state index in [-0.39, 0.29) is 126 Å². The van der Waals surface area contributed by atoms with E-state index in [0.717, 1.165) is 0 Å². The van der Waals surface area contributed by atoms with E-state index in [1.807, 2.05) is 0 Å². The van der Waals surface area contributed by atoms with Crippen LogP contribution in [0.15, 0.2) is 48.6 Å². The molecule has 4 N–H and O–H groups in total. The van der Waals surface area contributed by atoms with Gasteiger partial charge >= 0.3 is 0 Å². The Kier molecular flexibility index (Phi) is 19.0. The molecular formula is C43H57N6O17PS4-2. The zero-order valence-electron chi connectivity index (χ0n) is 39.3. The van der Waals surface area contributed by atoms with Gasteiger partial charge in [-0.3, -0.25) is 27.5 Å². The Morgan fingerprint density at radius 1 is 0.817 bits per heavy atom. The fourth-order valence-corrected chi connectivity index (χ4v) is 14.3. The SMILES string of the molecule is C=C1C[C@@H]2C(OS(=O)[O-])Nc3cc(OCCP(=O)(CCOc4cc5c(cc4OC)C(=O)N4CC(=C)C[C@H]4C(OS(=O)[O-])N5)CN(C)C(=O)CCCSCCS(=O)(=O)CCC(N)=O)c(OC)cc3C(=O)N2C1. The van der Waals surface area contributed by atoms with Crippen molar-refractivity contribution in [1.82, 2.24) is 14.7 Å². The summed E-state index contributed by atoms with van der Waals surface area (Å²) in [5.41, 5.74) is 7.21. The molecule has 2 aromatic carbocycles. The number of primary amides is 1. The van der Waals surface area contributed by atoms with Crippen molar-refractivity contribution in [2.75, 3.05) is 99.8 Å². The van der Waals surface area contributed by atoms with Crippen LogP contribution in [0.4, 0.5) is 11.4 Å². The van der Waals surface area contributed by atoms with Crippen LogP contribution in [0.25, 0.3) is 0 Å². The molecule has 6 rings (SSSR count). The molecular weight excluding hydrogens is 1030 g/mol. The Hall–Kier alpha value is -4.73. The molecule has 0 aromatic heterocycles. The van der Waals surface area contributed by atoms with Crippen molar-refractivity contribution < 1.29 is 77.0 Å². The summed E-state index contributed by atoms with van der Waals surface area (Å²) >= 11 is -4.54. The minimum atomic E-state index is -3.48. The molecule has 0 aliphatic carbocycles. The smallest absolute Gasteiger partial charge is 0.256 e. The zero-order valence-corrected chi connectivity index (χ0v) is 43.4. The predicted octanol–water partition coefficient (Wildman–Crippen LogP) is 2.41. The number of rotatable bonds is 26. The number of nitrogens with zero attached hydrogens (tertiary/aromatic N) is 3. The minimum Gasteiger partial charge on any atom is -0.750 e. The van der Waals surface area contributed by atoms with Gasteiger partial charge in [0.25, 0.3) is 11.8 Å². The van der Waals surface area contributed by atoms with Gasteiger partial charge in [0.2, 0.25) is 11.8 Å². The van der Waals surface area contributed by atoms with E-state index in [2.05, 4.69) is 23.8 Å². The first-order valence-electron chi connectivity index (χ1n) is 22.2. The Balaban J connectivity index is 1.18. The van der Waals surface area contributed by atoms with Crippen molar-refractivity contribution in [3.05, 3.63) is 59.7 Å². The minimum absolute atomic E-state index is 0.0646. The third-order valence-corrected chi connectivity index (χ3v) is 18.8. The van der Waals surface area contributed by atoms with E-state index >= 15 is 4.57 Å². The molecule has 392 valence electrons. The molecule has 2 fully saturated rings. The highest BCUT2D eigenvalue weighted by Crippen LogP contribution is 2.47. The van der Waals surface area contributed by atoms with Crippen molar-refractivity contribution in [2.24, 2.45) is 5.73 Å². The molecule has 0 bridgehead atoms. The van der Waals surface area contributed by atoms with Crippen molar-refractivity contribution in [1.29, 1.82) is 0 Å². The summed E-state index contributed by atoms with van der Waals surface area (Å²) in [4.78, 5) is 56.3. The number of ether oxygens (including phenoxy) is 4. The molecule has 0 saturated carbocycles. The quantitative estimate of drug-likeness (QED) is 0.0527. The third kappa shape index (κ3) is 14.5. The number of amides is 4. The highest BCUT2D eigenvalue weighted by molar-refractivity contribution is 8.00. The number of nitrogens with one attached hydrogen (secondary N) is 2. The standard InChI is InChI=1S/C43H59N6O17PS4/c1-26-17-32-40(65-69(55)56)45-30-21-36(34(61-4)19-28(30)42(52)48(32)23-26)63-9-11-67(54,25-47(3)39(51)7-6-13-68-14-16-71(59,60)15-8-38(44)50)12-10-64-37-22-31-29(20-35(37)62-5)43(53)49-24-27(2)18-33(49)41(46-31)66-70(57)58/h19-22,32-33,40-41,45-46H,1-2,6-18,23-25H2,3-5H3,(H2,44,50)(H,55,56)(H,57,58)/p-2/t32-,33+,40?,41?,67?. The molecule has 4 aliphatic rings. The first kappa shape index (κ1) is 55.6. The van der Waals surface area contributed by atoms with Gasteiger partial charge in [0.1, 0.15) is 7.14 Å². The van der Waals surface area contributed by atoms with E-state index in [9.17, 15) is 45.1 Å². The highest BCUT2D eigenvalue weighted by Gasteiger charge is 2.44. The molecule has 2 aromatic rings. The number of hydrogen-bond donors (Lipinski definition) is 3. The number of anilines is 2. The lowest BCUT2D eigenvalue weighted by Crippen LogP contribution is -2.45. The summed E-state index contributed by atoms with van der Waals surface area (Å²) < 4.78 is 120. The average Bonchev–Trinajstić information content (AvgIpc) is 3.85. The lowest BCUT2D eigenvalue weighted by Gasteiger charge is -2.28. The lowest BCUT2D eigenvalue weighted by atomic mass is 10.1. The second-order valence-corrected chi connectivity index (χ2v) is 25.3. The molecule has 23 nitrogen and oxygen atoms in total. The van der Waals surface area contributed by atoms with Crippen LogP contribution in [0, 0.1) is 0 Å². The van der Waals surface area contributed by atoms with Crippen molar-refractivity contribution >= 4 is 86.5 Å².